The molecular weight excluding hydrogens is 424 g/mol. The van der Waals surface area contributed by atoms with Crippen LogP contribution in [0.4, 0.5) is 0 Å². The fraction of sp³-hybridized carbons (Fsp3) is 0.400. The second-order valence-electron chi connectivity index (χ2n) is 8.47. The van der Waals surface area contributed by atoms with Gasteiger partial charge in [0, 0.05) is 23.7 Å². The zero-order valence-corrected chi connectivity index (χ0v) is 19.1. The van der Waals surface area contributed by atoms with Crippen molar-refractivity contribution in [1.29, 1.82) is 0 Å². The summed E-state index contributed by atoms with van der Waals surface area (Å²) in [6.45, 7) is 4.95. The van der Waals surface area contributed by atoms with Gasteiger partial charge in [0.25, 0.3) is 0 Å². The molecule has 1 aliphatic heterocycles. The SMILES string of the molecule is Cc1ccc(-c2noc(CN3CCCC(C(=O)NCCCc4ccc(Cl)cc4)C3)n2)cc1. The summed E-state index contributed by atoms with van der Waals surface area (Å²) in [7, 11) is 0. The molecule has 32 heavy (non-hydrogen) atoms. The number of nitrogens with zero attached hydrogens (tertiary/aromatic N) is 3. The van der Waals surface area contributed by atoms with Gasteiger partial charge in [-0.3, -0.25) is 9.69 Å². The molecule has 1 saturated heterocycles. The summed E-state index contributed by atoms with van der Waals surface area (Å²) in [6, 6.07) is 15.9. The summed E-state index contributed by atoms with van der Waals surface area (Å²) in [5.41, 5.74) is 3.37. The van der Waals surface area contributed by atoms with E-state index in [0.717, 1.165) is 42.8 Å². The van der Waals surface area contributed by atoms with E-state index in [2.05, 4.69) is 20.4 Å². The number of hydrogen-bond acceptors (Lipinski definition) is 5. The number of benzene rings is 2. The van der Waals surface area contributed by atoms with Crippen molar-refractivity contribution in [1.82, 2.24) is 20.4 Å². The number of aryl methyl sites for hydroxylation is 2. The molecule has 0 spiro atoms. The molecule has 1 amide bonds. The quantitative estimate of drug-likeness (QED) is 0.503. The maximum absolute atomic E-state index is 12.7. The normalized spacial score (nSPS) is 16.8. The molecule has 1 aromatic heterocycles. The zero-order valence-electron chi connectivity index (χ0n) is 18.4. The molecule has 0 radical (unpaired) electrons. The number of aromatic nitrogens is 2. The molecule has 168 valence electrons. The van der Waals surface area contributed by atoms with Crippen molar-refractivity contribution in [3.63, 3.8) is 0 Å². The van der Waals surface area contributed by atoms with Gasteiger partial charge < -0.3 is 9.84 Å². The number of halogens is 1. The monoisotopic (exact) mass is 452 g/mol. The zero-order chi connectivity index (χ0) is 22.3. The van der Waals surface area contributed by atoms with Gasteiger partial charge in [-0.2, -0.15) is 4.98 Å². The Morgan fingerprint density at radius 2 is 1.97 bits per heavy atom. The molecule has 0 aliphatic carbocycles. The molecule has 0 bridgehead atoms. The second-order valence-corrected chi connectivity index (χ2v) is 8.91. The fourth-order valence-corrected chi connectivity index (χ4v) is 4.17. The van der Waals surface area contributed by atoms with E-state index in [1.54, 1.807) is 0 Å². The number of carbonyl (C=O) groups excluding carboxylic acids is 1. The van der Waals surface area contributed by atoms with Crippen LogP contribution in [-0.4, -0.2) is 40.6 Å². The summed E-state index contributed by atoms with van der Waals surface area (Å²) in [5.74, 6) is 1.33. The standard InChI is InChI=1S/C25H29ClN4O2/c1-18-6-10-20(11-7-18)24-28-23(32-29-24)17-30-15-3-5-21(16-30)25(31)27-14-2-4-19-8-12-22(26)13-9-19/h6-13,21H,2-5,14-17H2,1H3,(H,27,31). The Morgan fingerprint density at radius 3 is 2.75 bits per heavy atom. The maximum atomic E-state index is 12.7. The lowest BCUT2D eigenvalue weighted by atomic mass is 9.97. The third-order valence-corrected chi connectivity index (χ3v) is 6.12. The van der Waals surface area contributed by atoms with E-state index in [1.807, 2.05) is 55.5 Å². The van der Waals surface area contributed by atoms with Crippen LogP contribution in [-0.2, 0) is 17.8 Å². The molecule has 6 nitrogen and oxygen atoms in total. The van der Waals surface area contributed by atoms with Crippen molar-refractivity contribution < 1.29 is 9.32 Å². The molecule has 0 saturated carbocycles. The van der Waals surface area contributed by atoms with Crippen molar-refractivity contribution in [2.75, 3.05) is 19.6 Å². The lowest BCUT2D eigenvalue weighted by Gasteiger charge is -2.30. The fourth-order valence-electron chi connectivity index (χ4n) is 4.04. The highest BCUT2D eigenvalue weighted by atomic mass is 35.5. The summed E-state index contributed by atoms with van der Waals surface area (Å²) in [4.78, 5) is 19.4. The highest BCUT2D eigenvalue weighted by Crippen LogP contribution is 2.21. The van der Waals surface area contributed by atoms with Gasteiger partial charge in [-0.05, 0) is 56.8 Å². The van der Waals surface area contributed by atoms with E-state index in [9.17, 15) is 4.79 Å². The third kappa shape index (κ3) is 6.17. The van der Waals surface area contributed by atoms with Crippen molar-refractivity contribution in [3.05, 3.63) is 70.6 Å². The van der Waals surface area contributed by atoms with Crippen molar-refractivity contribution in [2.24, 2.45) is 5.92 Å². The lowest BCUT2D eigenvalue weighted by Crippen LogP contribution is -2.43. The Balaban J connectivity index is 1.23. The summed E-state index contributed by atoms with van der Waals surface area (Å²) >= 11 is 5.92. The molecule has 1 N–H and O–H groups in total. The largest absolute Gasteiger partial charge is 0.356 e. The molecule has 1 unspecified atom stereocenters. The number of carbonyl (C=O) groups is 1. The van der Waals surface area contributed by atoms with E-state index in [1.165, 1.54) is 11.1 Å². The van der Waals surface area contributed by atoms with Gasteiger partial charge in [0.2, 0.25) is 17.6 Å². The van der Waals surface area contributed by atoms with Crippen LogP contribution in [0.3, 0.4) is 0 Å². The summed E-state index contributed by atoms with van der Waals surface area (Å²) < 4.78 is 5.47. The van der Waals surface area contributed by atoms with Gasteiger partial charge in [-0.15, -0.1) is 0 Å². The number of rotatable bonds is 8. The second kappa shape index (κ2) is 10.7. The van der Waals surface area contributed by atoms with Gasteiger partial charge in [-0.25, -0.2) is 0 Å². The lowest BCUT2D eigenvalue weighted by molar-refractivity contribution is -0.126. The number of likely N-dealkylation sites (tertiary alicyclic amines) is 1. The van der Waals surface area contributed by atoms with E-state index in [4.69, 9.17) is 16.1 Å². The first-order chi connectivity index (χ1) is 15.6. The van der Waals surface area contributed by atoms with Crippen molar-refractivity contribution in [3.8, 4) is 11.4 Å². The van der Waals surface area contributed by atoms with Gasteiger partial charge in [0.15, 0.2) is 0 Å². The van der Waals surface area contributed by atoms with Crippen LogP contribution in [0.15, 0.2) is 53.1 Å². The number of piperidine rings is 1. The van der Waals surface area contributed by atoms with Crippen LogP contribution in [0.1, 0.15) is 36.3 Å². The van der Waals surface area contributed by atoms with Crippen LogP contribution in [0.2, 0.25) is 5.02 Å². The van der Waals surface area contributed by atoms with Crippen molar-refractivity contribution >= 4 is 17.5 Å². The van der Waals surface area contributed by atoms with E-state index >= 15 is 0 Å². The first kappa shape index (κ1) is 22.5. The molecule has 1 fully saturated rings. The average molecular weight is 453 g/mol. The molecule has 2 heterocycles. The van der Waals surface area contributed by atoms with E-state index in [-0.39, 0.29) is 11.8 Å². The van der Waals surface area contributed by atoms with Crippen molar-refractivity contribution in [2.45, 2.75) is 39.2 Å². The maximum Gasteiger partial charge on any atom is 0.241 e. The van der Waals surface area contributed by atoms with Crippen LogP contribution < -0.4 is 5.32 Å². The minimum absolute atomic E-state index is 0.00114. The third-order valence-electron chi connectivity index (χ3n) is 5.87. The van der Waals surface area contributed by atoms with E-state index in [0.29, 0.717) is 31.3 Å². The highest BCUT2D eigenvalue weighted by molar-refractivity contribution is 6.30. The number of amides is 1. The first-order valence-electron chi connectivity index (χ1n) is 11.2. The van der Waals surface area contributed by atoms with Crippen LogP contribution >= 0.6 is 11.6 Å². The smallest absolute Gasteiger partial charge is 0.241 e. The predicted octanol–water partition coefficient (Wildman–Crippen LogP) is 4.66. The molecular formula is C25H29ClN4O2. The Morgan fingerprint density at radius 1 is 1.19 bits per heavy atom. The van der Waals surface area contributed by atoms with Gasteiger partial charge in [0.05, 0.1) is 12.5 Å². The van der Waals surface area contributed by atoms with Gasteiger partial charge in [0.1, 0.15) is 0 Å². The predicted molar refractivity (Wildman–Crippen MR) is 125 cm³/mol. The Labute approximate surface area is 194 Å². The Hall–Kier alpha value is -2.70. The minimum Gasteiger partial charge on any atom is -0.356 e. The average Bonchev–Trinajstić information content (AvgIpc) is 3.27. The van der Waals surface area contributed by atoms with Crippen LogP contribution in [0.5, 0.6) is 0 Å². The van der Waals surface area contributed by atoms with Crippen LogP contribution in [0, 0.1) is 12.8 Å². The topological polar surface area (TPSA) is 71.3 Å². The van der Waals surface area contributed by atoms with Crippen LogP contribution in [0.25, 0.3) is 11.4 Å². The first-order valence-corrected chi connectivity index (χ1v) is 11.6. The van der Waals surface area contributed by atoms with E-state index < -0.39 is 0 Å². The molecule has 4 rings (SSSR count). The van der Waals surface area contributed by atoms with Gasteiger partial charge >= 0.3 is 0 Å². The molecule has 7 heteroatoms. The Bertz CT molecular complexity index is 1020. The molecule has 1 atom stereocenters. The number of nitrogens with one attached hydrogen (secondary N) is 1. The minimum atomic E-state index is -0.00114. The summed E-state index contributed by atoms with van der Waals surface area (Å²) in [6.07, 6.45) is 3.74. The molecule has 3 aromatic rings. The van der Waals surface area contributed by atoms with Gasteiger partial charge in [-0.1, -0.05) is 58.7 Å². The Kier molecular flexibility index (Phi) is 7.55. The molecule has 1 aliphatic rings. The highest BCUT2D eigenvalue weighted by Gasteiger charge is 2.26. The summed E-state index contributed by atoms with van der Waals surface area (Å²) in [5, 5.41) is 7.97. The molecule has 2 aromatic carbocycles. The number of hydrogen-bond donors (Lipinski definition) is 1.